The number of hydrogen-bond donors (Lipinski definition) is 2. The van der Waals surface area contributed by atoms with Gasteiger partial charge >= 0.3 is 5.97 Å². The largest absolute Gasteiger partial charge is 0.451 e. The van der Waals surface area contributed by atoms with Crippen molar-refractivity contribution in [3.8, 4) is 0 Å². The van der Waals surface area contributed by atoms with Gasteiger partial charge in [-0.1, -0.05) is 6.07 Å². The second-order valence-electron chi connectivity index (χ2n) is 6.35. The number of ketones is 2. The summed E-state index contributed by atoms with van der Waals surface area (Å²) < 4.78 is 5.27. The molecule has 0 radical (unpaired) electrons. The van der Waals surface area contributed by atoms with Crippen molar-refractivity contribution < 1.29 is 23.9 Å². The van der Waals surface area contributed by atoms with Crippen molar-refractivity contribution in [3.05, 3.63) is 52.3 Å². The van der Waals surface area contributed by atoms with Gasteiger partial charge in [-0.25, -0.2) is 4.79 Å². The van der Waals surface area contributed by atoms with Crippen molar-refractivity contribution in [2.45, 2.75) is 40.7 Å². The van der Waals surface area contributed by atoms with Crippen LogP contribution in [0.1, 0.15) is 63.2 Å². The fraction of sp³-hybridized carbons (Fsp3) is 0.300. The molecular formula is C20H22N2O5. The Kier molecular flexibility index (Phi) is 5.95. The van der Waals surface area contributed by atoms with Crippen LogP contribution in [0, 0.1) is 13.8 Å². The SMILES string of the molecule is CC(=O)Nc1cccc(C(=O)O[C@@H](C)C(=O)c2[nH]c(C)c(C(C)=O)c2C)c1. The van der Waals surface area contributed by atoms with E-state index >= 15 is 0 Å². The Morgan fingerprint density at radius 1 is 1.11 bits per heavy atom. The molecule has 1 aromatic carbocycles. The number of Topliss-reactive ketones (excluding diaryl/α,β-unsaturated/α-hetero) is 2. The fourth-order valence-corrected chi connectivity index (χ4v) is 2.94. The molecule has 0 saturated carbocycles. The zero-order chi connectivity index (χ0) is 20.3. The molecule has 27 heavy (non-hydrogen) atoms. The van der Waals surface area contributed by atoms with E-state index in [1.165, 1.54) is 32.9 Å². The first-order valence-corrected chi connectivity index (χ1v) is 8.44. The number of carbonyl (C=O) groups excluding carboxylic acids is 4. The maximum Gasteiger partial charge on any atom is 0.338 e. The lowest BCUT2D eigenvalue weighted by atomic mass is 10.0. The van der Waals surface area contributed by atoms with Crippen LogP contribution in [0.25, 0.3) is 0 Å². The number of ether oxygens (including phenoxy) is 1. The maximum absolute atomic E-state index is 12.7. The van der Waals surface area contributed by atoms with Crippen molar-refractivity contribution in [2.24, 2.45) is 0 Å². The number of aromatic amines is 1. The molecule has 0 aliphatic carbocycles. The van der Waals surface area contributed by atoms with Gasteiger partial charge in [0.1, 0.15) is 0 Å². The average Bonchev–Trinajstić information content (AvgIpc) is 2.88. The van der Waals surface area contributed by atoms with Gasteiger partial charge in [0.05, 0.1) is 11.3 Å². The van der Waals surface area contributed by atoms with E-state index in [4.69, 9.17) is 4.74 Å². The summed E-state index contributed by atoms with van der Waals surface area (Å²) in [6.07, 6.45) is -1.04. The minimum atomic E-state index is -1.04. The number of nitrogens with one attached hydrogen (secondary N) is 2. The van der Waals surface area contributed by atoms with Crippen molar-refractivity contribution in [1.82, 2.24) is 4.98 Å². The molecule has 0 bridgehead atoms. The van der Waals surface area contributed by atoms with Crippen molar-refractivity contribution >= 4 is 29.1 Å². The molecule has 1 atom stereocenters. The van der Waals surface area contributed by atoms with Crippen LogP contribution in [0.5, 0.6) is 0 Å². The second-order valence-corrected chi connectivity index (χ2v) is 6.35. The van der Waals surface area contributed by atoms with Crippen LogP contribution in [0.2, 0.25) is 0 Å². The number of esters is 1. The third-order valence-corrected chi connectivity index (χ3v) is 4.11. The summed E-state index contributed by atoms with van der Waals surface area (Å²) in [5.41, 5.74) is 2.54. The monoisotopic (exact) mass is 370 g/mol. The second kappa shape index (κ2) is 7.99. The van der Waals surface area contributed by atoms with Gasteiger partial charge in [-0.05, 0) is 51.5 Å². The third kappa shape index (κ3) is 4.49. The highest BCUT2D eigenvalue weighted by Gasteiger charge is 2.26. The van der Waals surface area contributed by atoms with Gasteiger partial charge < -0.3 is 15.0 Å². The summed E-state index contributed by atoms with van der Waals surface area (Å²) in [6.45, 7) is 7.66. The Balaban J connectivity index is 2.17. The molecule has 0 spiro atoms. The minimum Gasteiger partial charge on any atom is -0.451 e. The van der Waals surface area contributed by atoms with Crippen LogP contribution in [-0.4, -0.2) is 34.5 Å². The molecule has 7 nitrogen and oxygen atoms in total. The fourth-order valence-electron chi connectivity index (χ4n) is 2.94. The number of hydrogen-bond acceptors (Lipinski definition) is 5. The molecule has 7 heteroatoms. The molecule has 2 N–H and O–H groups in total. The van der Waals surface area contributed by atoms with E-state index in [1.54, 1.807) is 26.0 Å². The lowest BCUT2D eigenvalue weighted by Gasteiger charge is -2.13. The van der Waals surface area contributed by atoms with Gasteiger partial charge in [0.2, 0.25) is 11.7 Å². The lowest BCUT2D eigenvalue weighted by Crippen LogP contribution is -2.25. The normalized spacial score (nSPS) is 11.6. The molecule has 0 fully saturated rings. The topological polar surface area (TPSA) is 105 Å². The molecule has 0 aliphatic rings. The highest BCUT2D eigenvalue weighted by molar-refractivity contribution is 6.05. The van der Waals surface area contributed by atoms with Crippen LogP contribution in [0.3, 0.4) is 0 Å². The van der Waals surface area contributed by atoms with Gasteiger partial charge in [0, 0.05) is 23.9 Å². The first kappa shape index (κ1) is 20.1. The Bertz CT molecular complexity index is 926. The van der Waals surface area contributed by atoms with E-state index < -0.39 is 17.9 Å². The summed E-state index contributed by atoms with van der Waals surface area (Å²) in [7, 11) is 0. The zero-order valence-electron chi connectivity index (χ0n) is 15.9. The Labute approximate surface area is 157 Å². The van der Waals surface area contributed by atoms with Gasteiger partial charge in [-0.3, -0.25) is 14.4 Å². The van der Waals surface area contributed by atoms with Gasteiger partial charge in [-0.2, -0.15) is 0 Å². The lowest BCUT2D eigenvalue weighted by molar-refractivity contribution is -0.114. The Morgan fingerprint density at radius 2 is 1.78 bits per heavy atom. The van der Waals surface area contributed by atoms with E-state index in [0.717, 1.165) is 0 Å². The molecule has 0 unspecified atom stereocenters. The number of amides is 1. The predicted octanol–water partition coefficient (Wildman–Crippen LogP) is 3.22. The summed E-state index contributed by atoms with van der Waals surface area (Å²) in [5, 5.41) is 2.58. The summed E-state index contributed by atoms with van der Waals surface area (Å²) in [6, 6.07) is 6.24. The number of rotatable bonds is 6. The smallest absolute Gasteiger partial charge is 0.338 e. The average molecular weight is 370 g/mol. The van der Waals surface area contributed by atoms with E-state index in [9.17, 15) is 19.2 Å². The predicted molar refractivity (Wildman–Crippen MR) is 100 cm³/mol. The molecule has 142 valence electrons. The van der Waals surface area contributed by atoms with Crippen LogP contribution in [0.15, 0.2) is 24.3 Å². The van der Waals surface area contributed by atoms with Crippen LogP contribution < -0.4 is 5.32 Å². The number of aryl methyl sites for hydroxylation is 1. The zero-order valence-corrected chi connectivity index (χ0v) is 15.9. The molecule has 0 saturated heterocycles. The van der Waals surface area contributed by atoms with E-state index in [1.807, 2.05) is 0 Å². The van der Waals surface area contributed by atoms with Crippen molar-refractivity contribution in [1.29, 1.82) is 0 Å². The first-order valence-electron chi connectivity index (χ1n) is 8.44. The molecular weight excluding hydrogens is 348 g/mol. The van der Waals surface area contributed by atoms with Gasteiger partial charge in [0.25, 0.3) is 0 Å². The number of carbonyl (C=O) groups is 4. The van der Waals surface area contributed by atoms with E-state index in [-0.39, 0.29) is 22.9 Å². The van der Waals surface area contributed by atoms with Gasteiger partial charge in [0.15, 0.2) is 11.9 Å². The Hall–Kier alpha value is -3.22. The highest BCUT2D eigenvalue weighted by atomic mass is 16.5. The summed E-state index contributed by atoms with van der Waals surface area (Å²) >= 11 is 0. The number of H-pyrrole nitrogens is 1. The van der Waals surface area contributed by atoms with Crippen LogP contribution >= 0.6 is 0 Å². The molecule has 2 aromatic rings. The molecule has 1 aromatic heterocycles. The van der Waals surface area contributed by atoms with Crippen LogP contribution in [0.4, 0.5) is 5.69 Å². The minimum absolute atomic E-state index is 0.139. The van der Waals surface area contributed by atoms with E-state index in [0.29, 0.717) is 22.5 Å². The van der Waals surface area contributed by atoms with E-state index in [2.05, 4.69) is 10.3 Å². The van der Waals surface area contributed by atoms with Gasteiger partial charge in [-0.15, -0.1) is 0 Å². The summed E-state index contributed by atoms with van der Waals surface area (Å²) in [5.74, 6) is -1.51. The molecule has 0 aliphatic heterocycles. The summed E-state index contributed by atoms with van der Waals surface area (Å²) in [4.78, 5) is 50.8. The van der Waals surface area contributed by atoms with Crippen molar-refractivity contribution in [2.75, 3.05) is 5.32 Å². The molecule has 1 amide bonds. The Morgan fingerprint density at radius 3 is 2.33 bits per heavy atom. The van der Waals surface area contributed by atoms with Crippen LogP contribution in [-0.2, 0) is 9.53 Å². The molecule has 2 rings (SSSR count). The van der Waals surface area contributed by atoms with Crippen molar-refractivity contribution in [3.63, 3.8) is 0 Å². The number of aromatic nitrogens is 1. The number of anilines is 1. The third-order valence-electron chi connectivity index (χ3n) is 4.11. The molecule has 1 heterocycles. The quantitative estimate of drug-likeness (QED) is 0.600. The highest BCUT2D eigenvalue weighted by Crippen LogP contribution is 2.21. The first-order chi connectivity index (χ1) is 12.6. The number of benzene rings is 1. The maximum atomic E-state index is 12.7. The standard InChI is InChI=1S/C20H22N2O5/c1-10-17(12(3)23)11(2)21-18(10)19(25)13(4)27-20(26)15-7-6-8-16(9-15)22-14(5)24/h6-9,13,21H,1-5H3,(H,22,24)/t13-/m0/s1.